The highest BCUT2D eigenvalue weighted by molar-refractivity contribution is 6.59. The molecule has 0 bridgehead atoms. The standard InChI is InChI=1S/C2H11O4Si3/c1-8(4)6-9(2)5-7-3/h3-4,7-9H,1-2H3. The van der Waals surface area contributed by atoms with Gasteiger partial charge in [-0.05, 0) is 13.1 Å². The molecule has 9 heavy (non-hydrogen) atoms. The average Bonchev–Trinajstić information content (AvgIpc) is 1.63. The number of hydrogen-bond acceptors (Lipinski definition) is 4. The van der Waals surface area contributed by atoms with Crippen molar-refractivity contribution in [2.75, 3.05) is 0 Å². The van der Waals surface area contributed by atoms with Crippen LogP contribution < -0.4 is 0 Å². The van der Waals surface area contributed by atoms with Gasteiger partial charge in [0.1, 0.15) is 0 Å². The summed E-state index contributed by atoms with van der Waals surface area (Å²) in [6, 6.07) is 0. The SMILES string of the molecule is C[SiH](O)O[SiH](C)O[SiH]O. The van der Waals surface area contributed by atoms with Crippen LogP contribution in [-0.4, -0.2) is 38.2 Å². The summed E-state index contributed by atoms with van der Waals surface area (Å²) in [5.74, 6) is 0. The van der Waals surface area contributed by atoms with Gasteiger partial charge in [0.15, 0.2) is 0 Å². The van der Waals surface area contributed by atoms with Crippen molar-refractivity contribution >= 4 is 28.6 Å². The molecular weight excluding hydrogens is 172 g/mol. The van der Waals surface area contributed by atoms with E-state index in [1.807, 2.05) is 0 Å². The van der Waals surface area contributed by atoms with E-state index in [0.717, 1.165) is 0 Å². The van der Waals surface area contributed by atoms with Gasteiger partial charge >= 0.3 is 19.3 Å². The van der Waals surface area contributed by atoms with Gasteiger partial charge in [-0.3, -0.25) is 0 Å². The molecule has 0 heterocycles. The highest BCUT2D eigenvalue weighted by Crippen LogP contribution is 1.87. The van der Waals surface area contributed by atoms with Crippen molar-refractivity contribution < 1.29 is 17.8 Å². The van der Waals surface area contributed by atoms with Crippen molar-refractivity contribution in [3.63, 3.8) is 0 Å². The van der Waals surface area contributed by atoms with Gasteiger partial charge in [0.25, 0.3) is 9.28 Å². The van der Waals surface area contributed by atoms with E-state index < -0.39 is 28.6 Å². The van der Waals surface area contributed by atoms with E-state index in [0.29, 0.717) is 0 Å². The fourth-order valence-corrected chi connectivity index (χ4v) is 4.13. The van der Waals surface area contributed by atoms with Crippen molar-refractivity contribution in [3.05, 3.63) is 0 Å². The molecule has 0 aliphatic rings. The van der Waals surface area contributed by atoms with Gasteiger partial charge in [0.05, 0.1) is 0 Å². The largest absolute Gasteiger partial charge is 0.420 e. The summed E-state index contributed by atoms with van der Waals surface area (Å²) in [7, 11) is -4.50. The van der Waals surface area contributed by atoms with E-state index in [9.17, 15) is 0 Å². The lowest BCUT2D eigenvalue weighted by atomic mass is 11.9. The smallest absolute Gasteiger partial charge is 0.352 e. The van der Waals surface area contributed by atoms with Crippen LogP contribution in [0.5, 0.6) is 0 Å². The minimum Gasteiger partial charge on any atom is -0.420 e. The van der Waals surface area contributed by atoms with E-state index in [-0.39, 0.29) is 0 Å². The van der Waals surface area contributed by atoms with Crippen molar-refractivity contribution in [2.24, 2.45) is 0 Å². The molecule has 0 aliphatic heterocycles. The summed E-state index contributed by atoms with van der Waals surface area (Å²) in [5.41, 5.74) is 0. The van der Waals surface area contributed by atoms with Gasteiger partial charge in [-0.25, -0.2) is 0 Å². The molecule has 0 aliphatic carbocycles. The Morgan fingerprint density at radius 2 is 2.00 bits per heavy atom. The zero-order valence-corrected chi connectivity index (χ0v) is 8.91. The van der Waals surface area contributed by atoms with Gasteiger partial charge in [-0.1, -0.05) is 0 Å². The molecule has 0 aromatic rings. The van der Waals surface area contributed by atoms with Gasteiger partial charge in [0, 0.05) is 0 Å². The average molecular weight is 183 g/mol. The third-order valence-electron chi connectivity index (χ3n) is 0.641. The molecule has 55 valence electrons. The Hall–Kier alpha value is 0.491. The predicted molar refractivity (Wildman–Crippen MR) is 39.8 cm³/mol. The second-order valence-electron chi connectivity index (χ2n) is 1.54. The van der Waals surface area contributed by atoms with Crippen molar-refractivity contribution in [1.29, 1.82) is 0 Å². The first-order valence-electron chi connectivity index (χ1n) is 2.61. The van der Waals surface area contributed by atoms with Gasteiger partial charge in [0.2, 0.25) is 0 Å². The van der Waals surface area contributed by atoms with Gasteiger partial charge < -0.3 is 17.8 Å². The lowest BCUT2D eigenvalue weighted by molar-refractivity contribution is 0.356. The quantitative estimate of drug-likeness (QED) is 0.494. The molecule has 0 saturated heterocycles. The van der Waals surface area contributed by atoms with Crippen molar-refractivity contribution in [2.45, 2.75) is 13.1 Å². The minimum atomic E-state index is -1.92. The first kappa shape index (κ1) is 9.49. The summed E-state index contributed by atoms with van der Waals surface area (Å²) in [6.07, 6.45) is 0. The maximum Gasteiger partial charge on any atom is 0.352 e. The second-order valence-corrected chi connectivity index (χ2v) is 6.27. The zero-order valence-electron chi connectivity index (χ0n) is 5.44. The van der Waals surface area contributed by atoms with Crippen molar-refractivity contribution in [1.82, 2.24) is 0 Å². The monoisotopic (exact) mass is 183 g/mol. The first-order valence-corrected chi connectivity index (χ1v) is 7.84. The van der Waals surface area contributed by atoms with Crippen LogP contribution in [0.1, 0.15) is 0 Å². The molecule has 0 saturated carbocycles. The molecule has 4 nitrogen and oxygen atoms in total. The van der Waals surface area contributed by atoms with Crippen LogP contribution in [0.4, 0.5) is 0 Å². The maximum absolute atomic E-state index is 8.75. The molecule has 0 aromatic carbocycles. The van der Waals surface area contributed by atoms with Crippen LogP contribution in [0.2, 0.25) is 13.1 Å². The third-order valence-corrected chi connectivity index (χ3v) is 5.77. The van der Waals surface area contributed by atoms with E-state index in [1.165, 1.54) is 0 Å². The predicted octanol–water partition coefficient (Wildman–Crippen LogP) is -2.03. The van der Waals surface area contributed by atoms with Gasteiger partial charge in [-0.15, -0.1) is 0 Å². The van der Waals surface area contributed by atoms with Gasteiger partial charge in [-0.2, -0.15) is 0 Å². The minimum absolute atomic E-state index is 0.922. The fraction of sp³-hybridized carbons (Fsp3) is 1.00. The highest BCUT2D eigenvalue weighted by Gasteiger charge is 2.08. The molecule has 0 rings (SSSR count). The lowest BCUT2D eigenvalue weighted by Crippen LogP contribution is -2.28. The number of hydrogen-bond donors (Lipinski definition) is 2. The number of rotatable bonds is 4. The highest BCUT2D eigenvalue weighted by atomic mass is 28.4. The summed E-state index contributed by atoms with van der Waals surface area (Å²) >= 11 is 0. The molecule has 2 N–H and O–H groups in total. The van der Waals surface area contributed by atoms with Crippen LogP contribution in [0.15, 0.2) is 0 Å². The molecule has 1 radical (unpaired) electrons. The van der Waals surface area contributed by atoms with Crippen LogP contribution in [0, 0.1) is 0 Å². The third kappa shape index (κ3) is 6.37. The summed E-state index contributed by atoms with van der Waals surface area (Å²) < 4.78 is 9.75. The van der Waals surface area contributed by atoms with E-state index in [1.54, 1.807) is 13.1 Å². The normalized spacial score (nSPS) is 17.3. The topological polar surface area (TPSA) is 58.9 Å². The molecule has 2 atom stereocenters. The van der Waals surface area contributed by atoms with E-state index in [4.69, 9.17) is 17.8 Å². The Bertz CT molecular complexity index is 68.8. The summed E-state index contributed by atoms with van der Waals surface area (Å²) in [5, 5.41) is 0. The second kappa shape index (κ2) is 5.29. The first-order chi connectivity index (χ1) is 4.16. The Morgan fingerprint density at radius 3 is 2.33 bits per heavy atom. The molecule has 0 fully saturated rings. The molecular formula is C2H11O4Si3. The van der Waals surface area contributed by atoms with E-state index in [2.05, 4.69) is 0 Å². The Morgan fingerprint density at radius 1 is 1.44 bits per heavy atom. The Balaban J connectivity index is 3.15. The van der Waals surface area contributed by atoms with Crippen LogP contribution in [-0.2, 0) is 8.23 Å². The molecule has 0 aromatic heterocycles. The Kier molecular flexibility index (Phi) is 5.58. The van der Waals surface area contributed by atoms with Crippen LogP contribution in [0.3, 0.4) is 0 Å². The molecule has 0 amide bonds. The zero-order chi connectivity index (χ0) is 7.28. The Labute approximate surface area is 60.2 Å². The van der Waals surface area contributed by atoms with E-state index >= 15 is 0 Å². The fourth-order valence-electron chi connectivity index (χ4n) is 0.395. The van der Waals surface area contributed by atoms with Crippen LogP contribution >= 0.6 is 0 Å². The molecule has 2 unspecified atom stereocenters. The summed E-state index contributed by atoms with van der Waals surface area (Å²) in [6.45, 7) is 3.43. The maximum atomic E-state index is 8.75. The van der Waals surface area contributed by atoms with Crippen molar-refractivity contribution in [3.8, 4) is 0 Å². The molecule has 7 heteroatoms. The lowest BCUT2D eigenvalue weighted by Gasteiger charge is -2.11. The summed E-state index contributed by atoms with van der Waals surface area (Å²) in [4.78, 5) is 17.0. The van der Waals surface area contributed by atoms with Crippen LogP contribution in [0.25, 0.3) is 0 Å². The molecule has 0 spiro atoms.